The summed E-state index contributed by atoms with van der Waals surface area (Å²) in [6.07, 6.45) is 5.09. The van der Waals surface area contributed by atoms with Gasteiger partial charge in [0.1, 0.15) is 0 Å². The second kappa shape index (κ2) is 4.29. The molecule has 2 N–H and O–H groups in total. The van der Waals surface area contributed by atoms with Gasteiger partial charge in [0.05, 0.1) is 12.6 Å². The molecule has 0 saturated carbocycles. The zero-order chi connectivity index (χ0) is 10.6. The SMILES string of the molecule is C#CCN(C)C(=O)C(N)C(C)(C)C. The van der Waals surface area contributed by atoms with E-state index in [-0.39, 0.29) is 11.3 Å². The van der Waals surface area contributed by atoms with Gasteiger partial charge in [-0.15, -0.1) is 6.42 Å². The van der Waals surface area contributed by atoms with Gasteiger partial charge in [-0.3, -0.25) is 4.79 Å². The van der Waals surface area contributed by atoms with E-state index in [0.29, 0.717) is 6.54 Å². The second-order valence-corrected chi connectivity index (χ2v) is 4.24. The van der Waals surface area contributed by atoms with E-state index in [4.69, 9.17) is 12.2 Å². The molecule has 1 amide bonds. The fourth-order valence-corrected chi connectivity index (χ4v) is 0.823. The van der Waals surface area contributed by atoms with Gasteiger partial charge in [-0.2, -0.15) is 0 Å². The van der Waals surface area contributed by atoms with E-state index in [1.165, 1.54) is 4.90 Å². The minimum Gasteiger partial charge on any atom is -0.333 e. The van der Waals surface area contributed by atoms with Crippen LogP contribution in [0.1, 0.15) is 20.8 Å². The van der Waals surface area contributed by atoms with Crippen LogP contribution in [0.25, 0.3) is 0 Å². The molecule has 0 aliphatic heterocycles. The number of nitrogens with zero attached hydrogens (tertiary/aromatic N) is 1. The van der Waals surface area contributed by atoms with Crippen molar-refractivity contribution in [3.63, 3.8) is 0 Å². The zero-order valence-corrected chi connectivity index (χ0v) is 8.79. The van der Waals surface area contributed by atoms with E-state index in [1.54, 1.807) is 7.05 Å². The van der Waals surface area contributed by atoms with Gasteiger partial charge in [0.15, 0.2) is 0 Å². The summed E-state index contributed by atoms with van der Waals surface area (Å²) in [6.45, 7) is 6.10. The Hall–Kier alpha value is -1.01. The monoisotopic (exact) mass is 182 g/mol. The Labute approximate surface area is 80.3 Å². The first-order valence-electron chi connectivity index (χ1n) is 4.24. The molecule has 0 saturated heterocycles. The van der Waals surface area contributed by atoms with Crippen LogP contribution >= 0.6 is 0 Å². The number of amides is 1. The molecule has 0 aliphatic carbocycles. The quantitative estimate of drug-likeness (QED) is 0.630. The third kappa shape index (κ3) is 3.47. The molecule has 0 fully saturated rings. The van der Waals surface area contributed by atoms with Crippen LogP contribution in [0.5, 0.6) is 0 Å². The van der Waals surface area contributed by atoms with Gasteiger partial charge in [0.25, 0.3) is 0 Å². The Morgan fingerprint density at radius 3 is 2.38 bits per heavy atom. The van der Waals surface area contributed by atoms with E-state index in [1.807, 2.05) is 20.8 Å². The Kier molecular flexibility index (Phi) is 3.96. The predicted octanol–water partition coefficient (Wildman–Crippen LogP) is 0.451. The van der Waals surface area contributed by atoms with E-state index in [9.17, 15) is 4.79 Å². The smallest absolute Gasteiger partial charge is 0.240 e. The summed E-state index contributed by atoms with van der Waals surface area (Å²) < 4.78 is 0. The lowest BCUT2D eigenvalue weighted by Crippen LogP contribution is -2.49. The molecule has 3 nitrogen and oxygen atoms in total. The van der Waals surface area contributed by atoms with Gasteiger partial charge in [0.2, 0.25) is 5.91 Å². The van der Waals surface area contributed by atoms with Crippen molar-refractivity contribution in [3.05, 3.63) is 0 Å². The average molecular weight is 182 g/mol. The standard InChI is InChI=1S/C10H18N2O/c1-6-7-12(5)9(13)8(11)10(2,3)4/h1,8H,7,11H2,2-5H3. The molecule has 1 atom stereocenters. The van der Waals surface area contributed by atoms with Crippen molar-refractivity contribution in [2.45, 2.75) is 26.8 Å². The number of carbonyl (C=O) groups is 1. The van der Waals surface area contributed by atoms with Crippen LogP contribution in [0.3, 0.4) is 0 Å². The maximum absolute atomic E-state index is 11.6. The van der Waals surface area contributed by atoms with Crippen molar-refractivity contribution in [2.75, 3.05) is 13.6 Å². The summed E-state index contributed by atoms with van der Waals surface area (Å²) in [5, 5.41) is 0. The minimum absolute atomic E-state index is 0.106. The molecule has 0 aromatic heterocycles. The number of likely N-dealkylation sites (N-methyl/N-ethyl adjacent to an activating group) is 1. The largest absolute Gasteiger partial charge is 0.333 e. The summed E-state index contributed by atoms with van der Waals surface area (Å²) >= 11 is 0. The summed E-state index contributed by atoms with van der Waals surface area (Å²) in [7, 11) is 1.66. The van der Waals surface area contributed by atoms with Crippen molar-refractivity contribution in [1.82, 2.24) is 4.90 Å². The second-order valence-electron chi connectivity index (χ2n) is 4.24. The van der Waals surface area contributed by atoms with Gasteiger partial charge >= 0.3 is 0 Å². The molecule has 13 heavy (non-hydrogen) atoms. The van der Waals surface area contributed by atoms with Gasteiger partial charge in [-0.1, -0.05) is 26.7 Å². The summed E-state index contributed by atoms with van der Waals surface area (Å²) in [5.74, 6) is 2.30. The Bertz CT molecular complexity index is 222. The van der Waals surface area contributed by atoms with Crippen LogP contribution in [0.4, 0.5) is 0 Å². The fraction of sp³-hybridized carbons (Fsp3) is 0.700. The first-order valence-corrected chi connectivity index (χ1v) is 4.24. The Morgan fingerprint density at radius 1 is 1.62 bits per heavy atom. The lowest BCUT2D eigenvalue weighted by atomic mass is 9.86. The third-order valence-electron chi connectivity index (χ3n) is 1.90. The van der Waals surface area contributed by atoms with E-state index in [0.717, 1.165) is 0 Å². The van der Waals surface area contributed by atoms with Gasteiger partial charge in [0, 0.05) is 7.05 Å². The first kappa shape index (κ1) is 12.0. The molecular weight excluding hydrogens is 164 g/mol. The maximum atomic E-state index is 11.6. The van der Waals surface area contributed by atoms with E-state index >= 15 is 0 Å². The lowest BCUT2D eigenvalue weighted by molar-refractivity contribution is -0.133. The lowest BCUT2D eigenvalue weighted by Gasteiger charge is -2.29. The Balaban J connectivity index is 4.36. The van der Waals surface area contributed by atoms with Crippen molar-refractivity contribution < 1.29 is 4.79 Å². The normalized spacial score (nSPS) is 13.2. The number of terminal acetylenes is 1. The van der Waals surface area contributed by atoms with Crippen molar-refractivity contribution in [2.24, 2.45) is 11.1 Å². The molecule has 0 aromatic rings. The molecule has 0 rings (SSSR count). The molecule has 0 spiro atoms. The van der Waals surface area contributed by atoms with Crippen LogP contribution in [0, 0.1) is 17.8 Å². The van der Waals surface area contributed by atoms with E-state index < -0.39 is 6.04 Å². The fourth-order valence-electron chi connectivity index (χ4n) is 0.823. The number of rotatable bonds is 2. The van der Waals surface area contributed by atoms with Crippen LogP contribution in [0.2, 0.25) is 0 Å². The van der Waals surface area contributed by atoms with Gasteiger partial charge < -0.3 is 10.6 Å². The molecule has 3 heteroatoms. The van der Waals surface area contributed by atoms with Crippen LogP contribution in [-0.4, -0.2) is 30.4 Å². The summed E-state index contributed by atoms with van der Waals surface area (Å²) in [4.78, 5) is 13.1. The highest BCUT2D eigenvalue weighted by Gasteiger charge is 2.29. The molecule has 1 unspecified atom stereocenters. The third-order valence-corrected chi connectivity index (χ3v) is 1.90. The molecule has 74 valence electrons. The van der Waals surface area contributed by atoms with Crippen LogP contribution in [0.15, 0.2) is 0 Å². The Morgan fingerprint density at radius 2 is 2.08 bits per heavy atom. The maximum Gasteiger partial charge on any atom is 0.240 e. The molecular formula is C10H18N2O. The molecule has 0 aromatic carbocycles. The minimum atomic E-state index is -0.495. The van der Waals surface area contributed by atoms with Crippen molar-refractivity contribution in [3.8, 4) is 12.3 Å². The van der Waals surface area contributed by atoms with Crippen LogP contribution in [-0.2, 0) is 4.79 Å². The average Bonchev–Trinajstić information content (AvgIpc) is 2.00. The zero-order valence-electron chi connectivity index (χ0n) is 8.79. The number of carbonyl (C=O) groups excluding carboxylic acids is 1. The molecule has 0 heterocycles. The van der Waals surface area contributed by atoms with Crippen molar-refractivity contribution >= 4 is 5.91 Å². The number of hydrogen-bond donors (Lipinski definition) is 1. The first-order chi connectivity index (χ1) is 5.80. The predicted molar refractivity (Wildman–Crippen MR) is 53.9 cm³/mol. The topological polar surface area (TPSA) is 46.3 Å². The van der Waals surface area contributed by atoms with E-state index in [2.05, 4.69) is 5.92 Å². The summed E-state index contributed by atoms with van der Waals surface area (Å²) in [6, 6.07) is -0.495. The highest BCUT2D eigenvalue weighted by Crippen LogP contribution is 2.18. The highest BCUT2D eigenvalue weighted by atomic mass is 16.2. The van der Waals surface area contributed by atoms with Gasteiger partial charge in [-0.25, -0.2) is 0 Å². The molecule has 0 bridgehead atoms. The number of nitrogens with two attached hydrogens (primary N) is 1. The highest BCUT2D eigenvalue weighted by molar-refractivity contribution is 5.82. The summed E-state index contributed by atoms with van der Waals surface area (Å²) in [5.41, 5.74) is 5.54. The van der Waals surface area contributed by atoms with Crippen molar-refractivity contribution in [1.29, 1.82) is 0 Å². The van der Waals surface area contributed by atoms with Crippen LogP contribution < -0.4 is 5.73 Å². The number of hydrogen-bond acceptors (Lipinski definition) is 2. The molecule has 0 aliphatic rings. The molecule has 0 radical (unpaired) electrons. The van der Waals surface area contributed by atoms with Gasteiger partial charge in [-0.05, 0) is 5.41 Å².